The van der Waals surface area contributed by atoms with E-state index in [1.165, 1.54) is 38.5 Å². The average molecular weight is 197 g/mol. The number of hydrogen-bond donors (Lipinski definition) is 0. The monoisotopic (exact) mass is 197 g/mol. The van der Waals surface area contributed by atoms with Crippen molar-refractivity contribution in [1.82, 2.24) is 4.90 Å². The molecule has 1 aliphatic rings. The Morgan fingerprint density at radius 2 is 2.07 bits per heavy atom. The lowest BCUT2D eigenvalue weighted by Gasteiger charge is -2.22. The fourth-order valence-corrected chi connectivity index (χ4v) is 2.36. The van der Waals surface area contributed by atoms with Crippen LogP contribution in [0.4, 0.5) is 0 Å². The minimum Gasteiger partial charge on any atom is -0.302 e. The molecule has 2 heteroatoms. The van der Waals surface area contributed by atoms with Crippen LogP contribution in [-0.2, 0) is 4.79 Å². The first-order valence-corrected chi connectivity index (χ1v) is 5.96. The van der Waals surface area contributed by atoms with Crippen molar-refractivity contribution in [3.63, 3.8) is 0 Å². The van der Waals surface area contributed by atoms with E-state index in [0.29, 0.717) is 6.04 Å². The van der Waals surface area contributed by atoms with Crippen LogP contribution >= 0.6 is 0 Å². The minimum atomic E-state index is 0.200. The Kier molecular flexibility index (Phi) is 5.16. The van der Waals surface area contributed by atoms with Crippen molar-refractivity contribution < 1.29 is 4.79 Å². The lowest BCUT2D eigenvalue weighted by molar-refractivity contribution is -0.111. The van der Waals surface area contributed by atoms with Crippen LogP contribution < -0.4 is 0 Å². The molecule has 2 nitrogen and oxygen atoms in total. The van der Waals surface area contributed by atoms with Gasteiger partial charge in [-0.05, 0) is 26.3 Å². The summed E-state index contributed by atoms with van der Waals surface area (Å²) in [5, 5.41) is 0. The summed E-state index contributed by atoms with van der Waals surface area (Å²) >= 11 is 0. The van der Waals surface area contributed by atoms with E-state index in [2.05, 4.69) is 18.9 Å². The summed E-state index contributed by atoms with van der Waals surface area (Å²) in [6, 6.07) is 0.869. The van der Waals surface area contributed by atoms with Crippen LogP contribution in [0.5, 0.6) is 0 Å². The summed E-state index contributed by atoms with van der Waals surface area (Å²) in [6.45, 7) is 2.24. The SMILES string of the molecule is CCCCCCC1CCC(C=O)N1C. The van der Waals surface area contributed by atoms with E-state index in [0.717, 1.165) is 12.7 Å². The topological polar surface area (TPSA) is 20.3 Å². The maximum absolute atomic E-state index is 10.7. The molecule has 0 spiro atoms. The number of nitrogens with zero attached hydrogens (tertiary/aromatic N) is 1. The summed E-state index contributed by atoms with van der Waals surface area (Å²) in [6.07, 6.45) is 10.0. The van der Waals surface area contributed by atoms with Crippen molar-refractivity contribution in [1.29, 1.82) is 0 Å². The van der Waals surface area contributed by atoms with E-state index < -0.39 is 0 Å². The number of hydrogen-bond acceptors (Lipinski definition) is 2. The second kappa shape index (κ2) is 6.18. The number of likely N-dealkylation sites (tertiary alicyclic amines) is 1. The van der Waals surface area contributed by atoms with Crippen molar-refractivity contribution in [2.75, 3.05) is 7.05 Å². The van der Waals surface area contributed by atoms with E-state index in [1.54, 1.807) is 0 Å². The molecule has 0 radical (unpaired) electrons. The minimum absolute atomic E-state index is 0.200. The molecule has 0 aliphatic carbocycles. The van der Waals surface area contributed by atoms with Crippen LogP contribution in [0.3, 0.4) is 0 Å². The zero-order chi connectivity index (χ0) is 10.4. The van der Waals surface area contributed by atoms with E-state index in [9.17, 15) is 4.79 Å². The first-order valence-electron chi connectivity index (χ1n) is 5.96. The number of rotatable bonds is 6. The van der Waals surface area contributed by atoms with Crippen molar-refractivity contribution in [3.05, 3.63) is 0 Å². The van der Waals surface area contributed by atoms with Gasteiger partial charge in [-0.3, -0.25) is 4.90 Å². The zero-order valence-corrected chi connectivity index (χ0v) is 9.54. The number of unbranched alkanes of at least 4 members (excludes halogenated alkanes) is 3. The molecule has 14 heavy (non-hydrogen) atoms. The third-order valence-corrected chi connectivity index (χ3v) is 3.44. The number of carbonyl (C=O) groups excluding carboxylic acids is 1. The summed E-state index contributed by atoms with van der Waals surface area (Å²) in [5.41, 5.74) is 0. The molecule has 0 N–H and O–H groups in total. The van der Waals surface area contributed by atoms with Gasteiger partial charge >= 0.3 is 0 Å². The molecule has 2 unspecified atom stereocenters. The third-order valence-electron chi connectivity index (χ3n) is 3.44. The van der Waals surface area contributed by atoms with Gasteiger partial charge in [0.2, 0.25) is 0 Å². The van der Waals surface area contributed by atoms with Crippen molar-refractivity contribution in [2.24, 2.45) is 0 Å². The molecule has 0 amide bonds. The van der Waals surface area contributed by atoms with Crippen LogP contribution in [0.2, 0.25) is 0 Å². The Labute approximate surface area is 87.7 Å². The first kappa shape index (κ1) is 11.7. The van der Waals surface area contributed by atoms with Crippen LogP contribution in [0.15, 0.2) is 0 Å². The highest BCUT2D eigenvalue weighted by molar-refractivity contribution is 5.58. The molecule has 0 aromatic carbocycles. The maximum Gasteiger partial charge on any atom is 0.137 e. The van der Waals surface area contributed by atoms with Crippen LogP contribution in [0, 0.1) is 0 Å². The summed E-state index contributed by atoms with van der Waals surface area (Å²) in [5.74, 6) is 0. The molecular weight excluding hydrogens is 174 g/mol. The molecule has 0 aromatic rings. The number of aldehydes is 1. The molecular formula is C12H23NO. The van der Waals surface area contributed by atoms with Crippen LogP contribution in [0.25, 0.3) is 0 Å². The zero-order valence-electron chi connectivity index (χ0n) is 9.54. The Morgan fingerprint density at radius 1 is 1.29 bits per heavy atom. The van der Waals surface area contributed by atoms with Gasteiger partial charge in [-0.1, -0.05) is 32.6 Å². The molecule has 82 valence electrons. The summed E-state index contributed by atoms with van der Waals surface area (Å²) < 4.78 is 0. The van der Waals surface area contributed by atoms with Crippen molar-refractivity contribution in [2.45, 2.75) is 64.0 Å². The van der Waals surface area contributed by atoms with E-state index in [4.69, 9.17) is 0 Å². The van der Waals surface area contributed by atoms with E-state index >= 15 is 0 Å². The lowest BCUT2D eigenvalue weighted by atomic mass is 10.1. The standard InChI is InChI=1S/C12H23NO/c1-3-4-5-6-7-11-8-9-12(10-14)13(11)2/h10-12H,3-9H2,1-2H3. The molecule has 1 aliphatic heterocycles. The Balaban J connectivity index is 2.16. The Bertz CT molecular complexity index is 170. The lowest BCUT2D eigenvalue weighted by Crippen LogP contribution is -2.32. The highest BCUT2D eigenvalue weighted by atomic mass is 16.1. The highest BCUT2D eigenvalue weighted by Crippen LogP contribution is 2.24. The summed E-state index contributed by atoms with van der Waals surface area (Å²) in [7, 11) is 2.09. The maximum atomic E-state index is 10.7. The van der Waals surface area contributed by atoms with Gasteiger partial charge in [0.05, 0.1) is 6.04 Å². The molecule has 1 saturated heterocycles. The molecule has 0 saturated carbocycles. The molecule has 1 fully saturated rings. The molecule has 2 atom stereocenters. The van der Waals surface area contributed by atoms with Gasteiger partial charge in [-0.2, -0.15) is 0 Å². The van der Waals surface area contributed by atoms with Crippen molar-refractivity contribution >= 4 is 6.29 Å². The normalized spacial score (nSPS) is 28.1. The van der Waals surface area contributed by atoms with Crippen molar-refractivity contribution in [3.8, 4) is 0 Å². The fourth-order valence-electron chi connectivity index (χ4n) is 2.36. The molecule has 0 bridgehead atoms. The second-order valence-corrected chi connectivity index (χ2v) is 4.45. The first-order chi connectivity index (χ1) is 6.79. The smallest absolute Gasteiger partial charge is 0.137 e. The Hall–Kier alpha value is -0.370. The molecule has 0 aromatic heterocycles. The summed E-state index contributed by atoms with van der Waals surface area (Å²) in [4.78, 5) is 13.0. The predicted molar refractivity (Wildman–Crippen MR) is 59.4 cm³/mol. The van der Waals surface area contributed by atoms with Gasteiger partial charge in [-0.25, -0.2) is 0 Å². The average Bonchev–Trinajstić information content (AvgIpc) is 2.55. The highest BCUT2D eigenvalue weighted by Gasteiger charge is 2.28. The van der Waals surface area contributed by atoms with Gasteiger partial charge in [0.1, 0.15) is 6.29 Å². The van der Waals surface area contributed by atoms with Gasteiger partial charge in [-0.15, -0.1) is 0 Å². The quantitative estimate of drug-likeness (QED) is 0.482. The Morgan fingerprint density at radius 3 is 2.64 bits per heavy atom. The van der Waals surface area contributed by atoms with Crippen LogP contribution in [-0.4, -0.2) is 30.3 Å². The largest absolute Gasteiger partial charge is 0.302 e. The van der Waals surface area contributed by atoms with Gasteiger partial charge < -0.3 is 4.79 Å². The third kappa shape index (κ3) is 3.09. The predicted octanol–water partition coefficient (Wildman–Crippen LogP) is 2.62. The molecule has 1 heterocycles. The van der Waals surface area contributed by atoms with Gasteiger partial charge in [0.25, 0.3) is 0 Å². The van der Waals surface area contributed by atoms with E-state index in [-0.39, 0.29) is 6.04 Å². The fraction of sp³-hybridized carbons (Fsp3) is 0.917. The number of carbonyl (C=O) groups is 1. The second-order valence-electron chi connectivity index (χ2n) is 4.45. The van der Waals surface area contributed by atoms with Gasteiger partial charge in [0.15, 0.2) is 0 Å². The molecule has 1 rings (SSSR count). The van der Waals surface area contributed by atoms with Crippen LogP contribution in [0.1, 0.15) is 51.9 Å². The van der Waals surface area contributed by atoms with Gasteiger partial charge in [0, 0.05) is 6.04 Å². The van der Waals surface area contributed by atoms with E-state index in [1.807, 2.05) is 0 Å². The number of likely N-dealkylation sites (N-methyl/N-ethyl adjacent to an activating group) is 1.